The Morgan fingerprint density at radius 3 is 2.50 bits per heavy atom. The van der Waals surface area contributed by atoms with E-state index in [9.17, 15) is 28.8 Å². The van der Waals surface area contributed by atoms with Crippen molar-refractivity contribution in [3.05, 3.63) is 29.3 Å². The fraction of sp³-hybridized carbons (Fsp3) is 0.381. The Hall–Kier alpha value is -4.29. The number of ether oxygens (including phenoxy) is 1. The van der Waals surface area contributed by atoms with Crippen LogP contribution in [0.15, 0.2) is 18.2 Å². The van der Waals surface area contributed by atoms with E-state index in [0.29, 0.717) is 19.4 Å². The molecule has 3 rings (SSSR count). The highest BCUT2D eigenvalue weighted by atomic mass is 16.5. The molecule has 2 aliphatic heterocycles. The summed E-state index contributed by atoms with van der Waals surface area (Å²) in [5.41, 5.74) is 0.193. The van der Waals surface area contributed by atoms with Crippen LogP contribution in [0.3, 0.4) is 0 Å². The number of benzene rings is 1. The fourth-order valence-electron chi connectivity index (χ4n) is 3.34. The average molecular weight is 476 g/mol. The first-order valence-corrected chi connectivity index (χ1v) is 10.3. The molecule has 1 aromatic rings. The van der Waals surface area contributed by atoms with E-state index in [-0.39, 0.29) is 48.7 Å². The first-order chi connectivity index (χ1) is 16.2. The molecule has 1 fully saturated rings. The summed E-state index contributed by atoms with van der Waals surface area (Å²) in [5.74, 6) is -2.70. The topological polar surface area (TPSA) is 188 Å². The minimum absolute atomic E-state index is 0.0381. The number of imide groups is 2. The molecule has 6 amide bonds. The number of carbonyl (C=O) groups excluding carboxylic acids is 6. The molecule has 2 heterocycles. The maximum atomic E-state index is 12.8. The van der Waals surface area contributed by atoms with Gasteiger partial charge in [-0.1, -0.05) is 0 Å². The summed E-state index contributed by atoms with van der Waals surface area (Å²) in [7, 11) is 1.54. The lowest BCUT2D eigenvalue weighted by Gasteiger charge is -2.27. The molecule has 0 radical (unpaired) electrons. The normalized spacial score (nSPS) is 16.6. The van der Waals surface area contributed by atoms with E-state index in [1.54, 1.807) is 0 Å². The van der Waals surface area contributed by atoms with Crippen molar-refractivity contribution in [2.24, 2.45) is 0 Å². The van der Waals surface area contributed by atoms with Gasteiger partial charge in [0.15, 0.2) is 6.61 Å². The second kappa shape index (κ2) is 12.1. The minimum atomic E-state index is -1.05. The maximum absolute atomic E-state index is 12.8. The van der Waals surface area contributed by atoms with Gasteiger partial charge in [-0.25, -0.2) is 0 Å². The van der Waals surface area contributed by atoms with Crippen LogP contribution in [-0.4, -0.2) is 78.2 Å². The van der Waals surface area contributed by atoms with Crippen LogP contribution >= 0.6 is 0 Å². The second-order valence-electron chi connectivity index (χ2n) is 7.18. The van der Waals surface area contributed by atoms with Crippen molar-refractivity contribution in [3.8, 4) is 5.75 Å². The van der Waals surface area contributed by atoms with Crippen molar-refractivity contribution in [3.63, 3.8) is 0 Å². The number of rotatable bonds is 8. The average Bonchev–Trinajstić information content (AvgIpc) is 3.05. The molecule has 0 spiro atoms. The molecule has 0 aliphatic carbocycles. The SMILES string of the molecule is CNC(=O)CCCNC(=O)COc1ccc2c(c1)C(=O)N(C1CCC(=O)NC1=O)C2=O.O=CO. The van der Waals surface area contributed by atoms with E-state index in [2.05, 4.69) is 16.0 Å². The molecule has 2 aliphatic rings. The van der Waals surface area contributed by atoms with Crippen LogP contribution in [0.4, 0.5) is 0 Å². The highest BCUT2D eigenvalue weighted by Crippen LogP contribution is 2.30. The van der Waals surface area contributed by atoms with Crippen molar-refractivity contribution in [2.45, 2.75) is 31.7 Å². The fourth-order valence-corrected chi connectivity index (χ4v) is 3.34. The van der Waals surface area contributed by atoms with Gasteiger partial charge in [0.2, 0.25) is 17.7 Å². The van der Waals surface area contributed by atoms with E-state index in [1.165, 1.54) is 25.2 Å². The molecule has 0 aromatic heterocycles. The Bertz CT molecular complexity index is 1010. The Morgan fingerprint density at radius 1 is 1.18 bits per heavy atom. The molecule has 13 nitrogen and oxygen atoms in total. The monoisotopic (exact) mass is 476 g/mol. The molecule has 1 unspecified atom stereocenters. The summed E-state index contributed by atoms with van der Waals surface area (Å²) >= 11 is 0. The van der Waals surface area contributed by atoms with Gasteiger partial charge in [-0.05, 0) is 31.0 Å². The summed E-state index contributed by atoms with van der Waals surface area (Å²) in [5, 5.41) is 14.1. The van der Waals surface area contributed by atoms with Gasteiger partial charge in [0, 0.05) is 26.4 Å². The Kier molecular flexibility index (Phi) is 9.23. The van der Waals surface area contributed by atoms with Gasteiger partial charge < -0.3 is 20.5 Å². The molecule has 0 saturated carbocycles. The third-order valence-electron chi connectivity index (χ3n) is 4.96. The third kappa shape index (κ3) is 6.37. The number of hydrogen-bond donors (Lipinski definition) is 4. The van der Waals surface area contributed by atoms with Crippen LogP contribution in [0.1, 0.15) is 46.4 Å². The Balaban J connectivity index is 0.00000129. The Morgan fingerprint density at radius 2 is 1.85 bits per heavy atom. The molecule has 13 heteroatoms. The molecule has 34 heavy (non-hydrogen) atoms. The molecule has 4 N–H and O–H groups in total. The predicted octanol–water partition coefficient (Wildman–Crippen LogP) is -1.19. The molecular weight excluding hydrogens is 452 g/mol. The summed E-state index contributed by atoms with van der Waals surface area (Å²) in [4.78, 5) is 81.0. The lowest BCUT2D eigenvalue weighted by Crippen LogP contribution is -2.54. The van der Waals surface area contributed by atoms with Gasteiger partial charge in [0.25, 0.3) is 24.2 Å². The first kappa shape index (κ1) is 26.0. The van der Waals surface area contributed by atoms with Crippen LogP contribution < -0.4 is 20.7 Å². The molecule has 182 valence electrons. The number of nitrogens with one attached hydrogen (secondary N) is 3. The van der Waals surface area contributed by atoms with Crippen LogP contribution in [-0.2, 0) is 24.0 Å². The van der Waals surface area contributed by atoms with Crippen LogP contribution in [0.2, 0.25) is 0 Å². The zero-order valence-electron chi connectivity index (χ0n) is 18.3. The standard InChI is InChI=1S/C20H22N4O7.CH2O2/c1-21-15(25)3-2-8-22-17(27)10-31-11-4-5-12-13(9-11)20(30)24(19(12)29)14-6-7-16(26)23-18(14)28;2-1-3/h4-5,9,14H,2-3,6-8,10H2,1H3,(H,21,25)(H,22,27)(H,23,26,28);1H,(H,2,3). The predicted molar refractivity (Wildman–Crippen MR) is 114 cm³/mol. The zero-order chi connectivity index (χ0) is 25.3. The van der Waals surface area contributed by atoms with Gasteiger partial charge >= 0.3 is 0 Å². The van der Waals surface area contributed by atoms with E-state index in [0.717, 1.165) is 4.90 Å². The number of carboxylic acid groups (broad SMARTS) is 1. The van der Waals surface area contributed by atoms with Crippen molar-refractivity contribution < 1.29 is 43.4 Å². The number of nitrogens with zero attached hydrogens (tertiary/aromatic N) is 1. The maximum Gasteiger partial charge on any atom is 0.290 e. The van der Waals surface area contributed by atoms with E-state index in [1.807, 2.05) is 0 Å². The molecule has 0 bridgehead atoms. The van der Waals surface area contributed by atoms with E-state index in [4.69, 9.17) is 14.6 Å². The third-order valence-corrected chi connectivity index (χ3v) is 4.96. The summed E-state index contributed by atoms with van der Waals surface area (Å²) in [6.45, 7) is -0.245. The van der Waals surface area contributed by atoms with Gasteiger partial charge in [-0.2, -0.15) is 0 Å². The lowest BCUT2D eigenvalue weighted by atomic mass is 10.0. The molecule has 1 saturated heterocycles. The van der Waals surface area contributed by atoms with E-state index >= 15 is 0 Å². The van der Waals surface area contributed by atoms with E-state index < -0.39 is 35.6 Å². The van der Waals surface area contributed by atoms with Crippen molar-refractivity contribution in [2.75, 3.05) is 20.2 Å². The number of amides is 6. The van der Waals surface area contributed by atoms with Gasteiger partial charge in [0.05, 0.1) is 11.1 Å². The smallest absolute Gasteiger partial charge is 0.290 e. The zero-order valence-corrected chi connectivity index (χ0v) is 18.3. The largest absolute Gasteiger partial charge is 0.484 e. The second-order valence-corrected chi connectivity index (χ2v) is 7.18. The quantitative estimate of drug-likeness (QED) is 0.203. The summed E-state index contributed by atoms with van der Waals surface area (Å²) in [6.07, 6.45) is 0.884. The molecule has 1 atom stereocenters. The summed E-state index contributed by atoms with van der Waals surface area (Å²) < 4.78 is 5.39. The first-order valence-electron chi connectivity index (χ1n) is 10.3. The highest BCUT2D eigenvalue weighted by Gasteiger charge is 2.44. The number of piperidine rings is 1. The minimum Gasteiger partial charge on any atom is -0.484 e. The van der Waals surface area contributed by atoms with Crippen molar-refractivity contribution >= 4 is 41.9 Å². The number of hydrogen-bond acceptors (Lipinski definition) is 8. The summed E-state index contributed by atoms with van der Waals surface area (Å²) in [6, 6.07) is 3.16. The van der Waals surface area contributed by atoms with Crippen molar-refractivity contribution in [1.29, 1.82) is 0 Å². The van der Waals surface area contributed by atoms with Gasteiger partial charge in [-0.3, -0.25) is 43.8 Å². The van der Waals surface area contributed by atoms with Crippen LogP contribution in [0.5, 0.6) is 5.75 Å². The number of fused-ring (bicyclic) bond motifs is 1. The lowest BCUT2D eigenvalue weighted by molar-refractivity contribution is -0.136. The van der Waals surface area contributed by atoms with Crippen LogP contribution in [0.25, 0.3) is 0 Å². The van der Waals surface area contributed by atoms with Crippen molar-refractivity contribution in [1.82, 2.24) is 20.9 Å². The van der Waals surface area contributed by atoms with Gasteiger partial charge in [-0.15, -0.1) is 0 Å². The highest BCUT2D eigenvalue weighted by molar-refractivity contribution is 6.23. The number of carbonyl (C=O) groups is 7. The van der Waals surface area contributed by atoms with Gasteiger partial charge in [0.1, 0.15) is 11.8 Å². The molecule has 1 aromatic carbocycles. The molecular formula is C21H24N4O9. The Labute approximate surface area is 193 Å². The van der Waals surface area contributed by atoms with Crippen LogP contribution in [0, 0.1) is 0 Å².